The third-order valence-electron chi connectivity index (χ3n) is 5.00. The number of aryl methyl sites for hydroxylation is 2. The SMILES string of the molecule is CCc1cc(-c2ccccc2C)c(O)cc1OCCCCCC(C)(C)C#N. The molecule has 2 aromatic rings. The Kier molecular flexibility index (Phi) is 7.30. The number of phenols is 1. The summed E-state index contributed by atoms with van der Waals surface area (Å²) in [7, 11) is 0. The number of ether oxygens (including phenoxy) is 1. The minimum atomic E-state index is -0.243. The van der Waals surface area contributed by atoms with Crippen LogP contribution in [0, 0.1) is 23.7 Å². The number of phenolic OH excluding ortho intramolecular Hbond substituents is 1. The van der Waals surface area contributed by atoms with Crippen LogP contribution in [-0.4, -0.2) is 11.7 Å². The summed E-state index contributed by atoms with van der Waals surface area (Å²) in [5.74, 6) is 1.02. The van der Waals surface area contributed by atoms with E-state index in [9.17, 15) is 5.11 Å². The van der Waals surface area contributed by atoms with E-state index < -0.39 is 0 Å². The summed E-state index contributed by atoms with van der Waals surface area (Å²) in [6.07, 6.45) is 4.79. The number of aromatic hydroxyl groups is 1. The Hall–Kier alpha value is -2.47. The van der Waals surface area contributed by atoms with E-state index in [0.29, 0.717) is 6.61 Å². The minimum absolute atomic E-state index is 0.243. The molecule has 0 radical (unpaired) electrons. The number of nitrogens with zero attached hydrogens (tertiary/aromatic N) is 1. The molecule has 3 heteroatoms. The van der Waals surface area contributed by atoms with Crippen LogP contribution in [0.3, 0.4) is 0 Å². The Morgan fingerprint density at radius 3 is 2.48 bits per heavy atom. The van der Waals surface area contributed by atoms with E-state index in [1.165, 1.54) is 0 Å². The fourth-order valence-electron chi connectivity index (χ4n) is 3.20. The van der Waals surface area contributed by atoms with Gasteiger partial charge in [-0.05, 0) is 62.8 Å². The molecule has 27 heavy (non-hydrogen) atoms. The zero-order chi connectivity index (χ0) is 19.9. The lowest BCUT2D eigenvalue weighted by molar-refractivity contribution is 0.296. The summed E-state index contributed by atoms with van der Waals surface area (Å²) in [4.78, 5) is 0. The maximum Gasteiger partial charge on any atom is 0.127 e. The molecule has 144 valence electrons. The zero-order valence-corrected chi connectivity index (χ0v) is 17.0. The number of benzene rings is 2. The monoisotopic (exact) mass is 365 g/mol. The van der Waals surface area contributed by atoms with Gasteiger partial charge >= 0.3 is 0 Å². The van der Waals surface area contributed by atoms with E-state index >= 15 is 0 Å². The molecule has 0 fully saturated rings. The van der Waals surface area contributed by atoms with Crippen molar-refractivity contribution in [2.45, 2.75) is 59.8 Å². The van der Waals surface area contributed by atoms with Gasteiger partial charge in [0.1, 0.15) is 11.5 Å². The van der Waals surface area contributed by atoms with Crippen molar-refractivity contribution in [3.05, 3.63) is 47.5 Å². The Morgan fingerprint density at radius 2 is 1.81 bits per heavy atom. The summed E-state index contributed by atoms with van der Waals surface area (Å²) in [5, 5.41) is 19.6. The first kappa shape index (κ1) is 20.8. The van der Waals surface area contributed by atoms with Crippen molar-refractivity contribution in [2.75, 3.05) is 6.61 Å². The van der Waals surface area contributed by atoms with Crippen molar-refractivity contribution in [2.24, 2.45) is 5.41 Å². The predicted molar refractivity (Wildman–Crippen MR) is 111 cm³/mol. The summed E-state index contributed by atoms with van der Waals surface area (Å²) < 4.78 is 5.96. The van der Waals surface area contributed by atoms with Crippen molar-refractivity contribution in [1.29, 1.82) is 5.26 Å². The smallest absolute Gasteiger partial charge is 0.127 e. The molecule has 0 saturated carbocycles. The molecule has 0 bridgehead atoms. The molecule has 0 saturated heterocycles. The van der Waals surface area contributed by atoms with E-state index in [-0.39, 0.29) is 11.2 Å². The Balaban J connectivity index is 1.99. The van der Waals surface area contributed by atoms with Gasteiger partial charge in [0, 0.05) is 11.6 Å². The molecule has 3 nitrogen and oxygen atoms in total. The van der Waals surface area contributed by atoms with Gasteiger partial charge in [0.15, 0.2) is 0 Å². The van der Waals surface area contributed by atoms with Crippen LogP contribution in [0.1, 0.15) is 57.6 Å². The first-order valence-electron chi connectivity index (χ1n) is 9.84. The lowest BCUT2D eigenvalue weighted by Gasteiger charge is -2.16. The highest BCUT2D eigenvalue weighted by atomic mass is 16.5. The third-order valence-corrected chi connectivity index (χ3v) is 5.00. The van der Waals surface area contributed by atoms with Gasteiger partial charge in [-0.3, -0.25) is 0 Å². The maximum absolute atomic E-state index is 10.5. The summed E-state index contributed by atoms with van der Waals surface area (Å²) >= 11 is 0. The standard InChI is InChI=1S/C24H31NO2/c1-5-19-15-21(20-12-8-7-11-18(20)2)22(26)16-23(19)27-14-10-6-9-13-24(3,4)17-25/h7-8,11-12,15-16,26H,5-6,9-10,13-14H2,1-4H3. The largest absolute Gasteiger partial charge is 0.507 e. The second kappa shape index (κ2) is 9.46. The van der Waals surface area contributed by atoms with Crippen LogP contribution in [-0.2, 0) is 6.42 Å². The number of nitriles is 1. The average Bonchev–Trinajstić information content (AvgIpc) is 2.65. The molecule has 0 unspecified atom stereocenters. The molecule has 2 rings (SSSR count). The molecule has 0 aliphatic carbocycles. The van der Waals surface area contributed by atoms with Crippen LogP contribution in [0.2, 0.25) is 0 Å². The first-order chi connectivity index (χ1) is 12.9. The molecule has 0 aliphatic heterocycles. The zero-order valence-electron chi connectivity index (χ0n) is 17.0. The van der Waals surface area contributed by atoms with Gasteiger partial charge in [0.25, 0.3) is 0 Å². The Labute approximate surface area is 163 Å². The highest BCUT2D eigenvalue weighted by molar-refractivity contribution is 5.75. The second-order valence-corrected chi connectivity index (χ2v) is 7.80. The van der Waals surface area contributed by atoms with Gasteiger partial charge in [0.05, 0.1) is 18.1 Å². The summed E-state index contributed by atoms with van der Waals surface area (Å²) in [6, 6.07) is 14.2. The van der Waals surface area contributed by atoms with Gasteiger partial charge < -0.3 is 9.84 Å². The van der Waals surface area contributed by atoms with Crippen molar-refractivity contribution < 1.29 is 9.84 Å². The number of hydrogen-bond acceptors (Lipinski definition) is 3. The molecule has 0 aliphatic rings. The predicted octanol–water partition coefficient (Wildman–Crippen LogP) is 6.42. The minimum Gasteiger partial charge on any atom is -0.507 e. The van der Waals surface area contributed by atoms with E-state index in [1.54, 1.807) is 6.07 Å². The van der Waals surface area contributed by atoms with Crippen LogP contribution in [0.5, 0.6) is 11.5 Å². The molecule has 1 N–H and O–H groups in total. The molecular formula is C24H31NO2. The summed E-state index contributed by atoms with van der Waals surface area (Å²) in [6.45, 7) is 8.75. The van der Waals surface area contributed by atoms with Crippen molar-refractivity contribution in [1.82, 2.24) is 0 Å². The first-order valence-corrected chi connectivity index (χ1v) is 9.84. The fourth-order valence-corrected chi connectivity index (χ4v) is 3.20. The fraction of sp³-hybridized carbons (Fsp3) is 0.458. The average molecular weight is 366 g/mol. The van der Waals surface area contributed by atoms with E-state index in [1.807, 2.05) is 38.1 Å². The van der Waals surface area contributed by atoms with Gasteiger partial charge in [-0.25, -0.2) is 0 Å². The highest BCUT2D eigenvalue weighted by Gasteiger charge is 2.15. The van der Waals surface area contributed by atoms with Crippen molar-refractivity contribution in [3.63, 3.8) is 0 Å². The van der Waals surface area contributed by atoms with Gasteiger partial charge in [0.2, 0.25) is 0 Å². The van der Waals surface area contributed by atoms with E-state index in [0.717, 1.165) is 60.1 Å². The normalized spacial score (nSPS) is 11.2. The quantitative estimate of drug-likeness (QED) is 0.522. The topological polar surface area (TPSA) is 53.2 Å². The lowest BCUT2D eigenvalue weighted by Crippen LogP contribution is -2.07. The Morgan fingerprint density at radius 1 is 1.07 bits per heavy atom. The molecule has 0 atom stereocenters. The maximum atomic E-state index is 10.5. The van der Waals surface area contributed by atoms with Crippen LogP contribution in [0.4, 0.5) is 0 Å². The highest BCUT2D eigenvalue weighted by Crippen LogP contribution is 2.37. The van der Waals surface area contributed by atoms with E-state index in [4.69, 9.17) is 10.00 Å². The van der Waals surface area contributed by atoms with Crippen LogP contribution >= 0.6 is 0 Å². The van der Waals surface area contributed by atoms with Crippen LogP contribution in [0.25, 0.3) is 11.1 Å². The second-order valence-electron chi connectivity index (χ2n) is 7.80. The number of hydrogen-bond donors (Lipinski definition) is 1. The molecule has 0 heterocycles. The van der Waals surface area contributed by atoms with Crippen LogP contribution in [0.15, 0.2) is 36.4 Å². The number of rotatable bonds is 9. The van der Waals surface area contributed by atoms with Gasteiger partial charge in [-0.1, -0.05) is 44.0 Å². The Bertz CT molecular complexity index is 803. The van der Waals surface area contributed by atoms with E-state index in [2.05, 4.69) is 26.0 Å². The van der Waals surface area contributed by atoms with Gasteiger partial charge in [-0.2, -0.15) is 5.26 Å². The third kappa shape index (κ3) is 5.76. The number of unbranched alkanes of at least 4 members (excludes halogenated alkanes) is 2. The molecule has 0 amide bonds. The molecule has 2 aromatic carbocycles. The van der Waals surface area contributed by atoms with Crippen LogP contribution < -0.4 is 4.74 Å². The van der Waals surface area contributed by atoms with Crippen molar-refractivity contribution >= 4 is 0 Å². The molecular weight excluding hydrogens is 334 g/mol. The van der Waals surface area contributed by atoms with Gasteiger partial charge in [-0.15, -0.1) is 0 Å². The van der Waals surface area contributed by atoms with Crippen molar-refractivity contribution in [3.8, 4) is 28.7 Å². The lowest BCUT2D eigenvalue weighted by atomic mass is 9.89. The molecule has 0 spiro atoms. The molecule has 0 aromatic heterocycles. The summed E-state index contributed by atoms with van der Waals surface area (Å²) in [5.41, 5.74) is 3.92.